The summed E-state index contributed by atoms with van der Waals surface area (Å²) in [4.78, 5) is 6.47. The third-order valence-electron chi connectivity index (χ3n) is 4.83. The largest absolute Gasteiger partial charge is 0.472 e. The molecule has 1 aromatic heterocycles. The van der Waals surface area contributed by atoms with Gasteiger partial charge in [-0.1, -0.05) is 48.0 Å². The van der Waals surface area contributed by atoms with Crippen LogP contribution in [-0.2, 0) is 6.61 Å². The Morgan fingerprint density at radius 1 is 1.07 bits per heavy atom. The first-order valence-electron chi connectivity index (χ1n) is 9.05. The maximum Gasteiger partial charge on any atom is 0.213 e. The number of anilines is 1. The lowest BCUT2D eigenvalue weighted by molar-refractivity contribution is 0.216. The highest BCUT2D eigenvalue weighted by molar-refractivity contribution is 6.30. The first kappa shape index (κ1) is 17.8. The van der Waals surface area contributed by atoms with Crippen LogP contribution in [0.25, 0.3) is 11.1 Å². The molecule has 0 aliphatic carbocycles. The van der Waals surface area contributed by atoms with E-state index >= 15 is 0 Å². The molecule has 0 amide bonds. The maximum absolute atomic E-state index is 9.90. The molecule has 0 radical (unpaired) electrons. The smallest absolute Gasteiger partial charge is 0.213 e. The van der Waals surface area contributed by atoms with E-state index in [9.17, 15) is 5.11 Å². The fourth-order valence-corrected chi connectivity index (χ4v) is 3.59. The summed E-state index contributed by atoms with van der Waals surface area (Å²) in [5, 5.41) is 10.5. The summed E-state index contributed by atoms with van der Waals surface area (Å²) in [5.74, 6) is 0.591. The molecule has 4 nitrogen and oxygen atoms in total. The van der Waals surface area contributed by atoms with Crippen LogP contribution in [-0.4, -0.2) is 29.3 Å². The number of hydrogen-bond acceptors (Lipinski definition) is 4. The first-order chi connectivity index (χ1) is 13.2. The van der Waals surface area contributed by atoms with Gasteiger partial charge in [-0.15, -0.1) is 0 Å². The van der Waals surface area contributed by atoms with Gasteiger partial charge in [0.2, 0.25) is 5.88 Å². The summed E-state index contributed by atoms with van der Waals surface area (Å²) in [6.07, 6.45) is 2.57. The van der Waals surface area contributed by atoms with E-state index in [1.165, 1.54) is 0 Å². The number of aromatic nitrogens is 1. The van der Waals surface area contributed by atoms with Gasteiger partial charge in [-0.3, -0.25) is 0 Å². The number of aliphatic hydroxyl groups excluding tert-OH is 1. The quantitative estimate of drug-likeness (QED) is 0.705. The Morgan fingerprint density at radius 2 is 1.93 bits per heavy atom. The highest BCUT2D eigenvalue weighted by atomic mass is 35.5. The van der Waals surface area contributed by atoms with Gasteiger partial charge >= 0.3 is 0 Å². The fourth-order valence-electron chi connectivity index (χ4n) is 3.48. The van der Waals surface area contributed by atoms with E-state index in [1.807, 2.05) is 18.2 Å². The minimum absolute atomic E-state index is 0.0107. The van der Waals surface area contributed by atoms with Crippen molar-refractivity contribution < 1.29 is 9.84 Å². The van der Waals surface area contributed by atoms with E-state index in [1.54, 1.807) is 18.3 Å². The Bertz CT molecular complexity index is 900. The van der Waals surface area contributed by atoms with Crippen molar-refractivity contribution in [2.45, 2.75) is 19.1 Å². The van der Waals surface area contributed by atoms with Crippen molar-refractivity contribution >= 4 is 17.3 Å². The molecule has 1 saturated heterocycles. The van der Waals surface area contributed by atoms with E-state index in [2.05, 4.69) is 40.2 Å². The van der Waals surface area contributed by atoms with Crippen molar-refractivity contribution in [1.29, 1.82) is 0 Å². The number of hydrogen-bond donors (Lipinski definition) is 1. The zero-order valence-electron chi connectivity index (χ0n) is 14.9. The second kappa shape index (κ2) is 7.99. The van der Waals surface area contributed by atoms with E-state index in [-0.39, 0.29) is 12.7 Å². The van der Waals surface area contributed by atoms with Gasteiger partial charge in [0.15, 0.2) is 0 Å². The molecule has 5 heteroatoms. The van der Waals surface area contributed by atoms with Gasteiger partial charge in [0.1, 0.15) is 6.10 Å². The summed E-state index contributed by atoms with van der Waals surface area (Å²) in [7, 11) is 0. The zero-order valence-corrected chi connectivity index (χ0v) is 15.6. The maximum atomic E-state index is 9.90. The van der Waals surface area contributed by atoms with Gasteiger partial charge in [0.25, 0.3) is 0 Å². The Hall–Kier alpha value is -2.56. The average Bonchev–Trinajstić information content (AvgIpc) is 3.18. The zero-order chi connectivity index (χ0) is 18.6. The van der Waals surface area contributed by atoms with Crippen molar-refractivity contribution in [3.05, 3.63) is 77.4 Å². The lowest BCUT2D eigenvalue weighted by Gasteiger charge is -2.22. The monoisotopic (exact) mass is 380 g/mol. The van der Waals surface area contributed by atoms with E-state index in [4.69, 9.17) is 16.3 Å². The van der Waals surface area contributed by atoms with E-state index in [0.29, 0.717) is 10.9 Å². The molecule has 2 aromatic carbocycles. The van der Waals surface area contributed by atoms with Crippen LogP contribution in [0.15, 0.2) is 66.9 Å². The van der Waals surface area contributed by atoms with Crippen molar-refractivity contribution in [2.75, 3.05) is 18.0 Å². The van der Waals surface area contributed by atoms with Crippen LogP contribution in [0.3, 0.4) is 0 Å². The number of nitrogens with zero attached hydrogens (tertiary/aromatic N) is 2. The molecule has 0 spiro atoms. The first-order valence-corrected chi connectivity index (χ1v) is 9.43. The van der Waals surface area contributed by atoms with Gasteiger partial charge < -0.3 is 14.7 Å². The summed E-state index contributed by atoms with van der Waals surface area (Å²) < 4.78 is 5.97. The lowest BCUT2D eigenvalue weighted by Crippen LogP contribution is -2.25. The van der Waals surface area contributed by atoms with Gasteiger partial charge in [-0.25, -0.2) is 4.98 Å². The Kier molecular flexibility index (Phi) is 5.28. The van der Waals surface area contributed by atoms with Crippen LogP contribution in [0.1, 0.15) is 12.0 Å². The molecule has 0 bridgehead atoms. The molecule has 2 heterocycles. The van der Waals surface area contributed by atoms with E-state index < -0.39 is 0 Å². The highest BCUT2D eigenvalue weighted by Gasteiger charge is 2.26. The third-order valence-corrected chi connectivity index (χ3v) is 5.05. The molecule has 1 aliphatic rings. The van der Waals surface area contributed by atoms with Crippen LogP contribution in [0.4, 0.5) is 5.69 Å². The number of aliphatic hydroxyl groups is 1. The summed E-state index contributed by atoms with van der Waals surface area (Å²) in [5.41, 5.74) is 4.25. The minimum atomic E-state index is 0.0107. The molecular weight excluding hydrogens is 360 g/mol. The van der Waals surface area contributed by atoms with Gasteiger partial charge in [0.05, 0.1) is 18.2 Å². The molecule has 1 N–H and O–H groups in total. The number of halogens is 1. The molecule has 4 rings (SSSR count). The molecular formula is C22H21ClN2O2. The predicted octanol–water partition coefficient (Wildman–Crippen LogP) is 4.55. The summed E-state index contributed by atoms with van der Waals surface area (Å²) >= 11 is 5.87. The predicted molar refractivity (Wildman–Crippen MR) is 108 cm³/mol. The highest BCUT2D eigenvalue weighted by Crippen LogP contribution is 2.30. The molecule has 1 atom stereocenters. The van der Waals surface area contributed by atoms with Gasteiger partial charge in [0, 0.05) is 36.5 Å². The van der Waals surface area contributed by atoms with Crippen LogP contribution < -0.4 is 9.64 Å². The van der Waals surface area contributed by atoms with Crippen molar-refractivity contribution in [1.82, 2.24) is 4.98 Å². The Labute approximate surface area is 164 Å². The minimum Gasteiger partial charge on any atom is -0.472 e. The van der Waals surface area contributed by atoms with Crippen LogP contribution in [0.5, 0.6) is 5.88 Å². The summed E-state index contributed by atoms with van der Waals surface area (Å²) in [6.45, 7) is 1.66. The van der Waals surface area contributed by atoms with Crippen LogP contribution in [0, 0.1) is 0 Å². The van der Waals surface area contributed by atoms with Crippen molar-refractivity contribution in [2.24, 2.45) is 0 Å². The average molecular weight is 381 g/mol. The molecule has 1 aliphatic heterocycles. The van der Waals surface area contributed by atoms with Crippen molar-refractivity contribution in [3.8, 4) is 17.0 Å². The number of ether oxygens (including phenoxy) is 1. The second-order valence-electron chi connectivity index (χ2n) is 6.66. The number of benzene rings is 2. The number of pyridine rings is 1. The Balaban J connectivity index is 1.49. The SMILES string of the molecule is OCc1cc(-c2ccccc2)ccc1N1CCC(Oc2ccc(Cl)cn2)C1. The fraction of sp³-hybridized carbons (Fsp3) is 0.227. The molecule has 0 saturated carbocycles. The molecule has 3 aromatic rings. The van der Waals surface area contributed by atoms with Crippen molar-refractivity contribution in [3.63, 3.8) is 0 Å². The normalized spacial score (nSPS) is 16.5. The van der Waals surface area contributed by atoms with Gasteiger partial charge in [-0.2, -0.15) is 0 Å². The molecule has 27 heavy (non-hydrogen) atoms. The van der Waals surface area contributed by atoms with E-state index in [0.717, 1.165) is 41.9 Å². The Morgan fingerprint density at radius 3 is 2.67 bits per heavy atom. The van der Waals surface area contributed by atoms with Crippen LogP contribution in [0.2, 0.25) is 5.02 Å². The molecule has 138 valence electrons. The van der Waals surface area contributed by atoms with Crippen LogP contribution >= 0.6 is 11.6 Å². The number of rotatable bonds is 5. The molecule has 1 fully saturated rings. The lowest BCUT2D eigenvalue weighted by atomic mass is 10.0. The second-order valence-corrected chi connectivity index (χ2v) is 7.09. The van der Waals surface area contributed by atoms with Gasteiger partial charge in [-0.05, 0) is 29.3 Å². The molecule has 1 unspecified atom stereocenters. The third kappa shape index (κ3) is 4.07. The summed E-state index contributed by atoms with van der Waals surface area (Å²) in [6, 6.07) is 20.1. The topological polar surface area (TPSA) is 45.6 Å². The standard InChI is InChI=1S/C22H21ClN2O2/c23-19-7-9-22(24-13-19)27-20-10-11-25(14-20)21-8-6-17(12-18(21)15-26)16-4-2-1-3-5-16/h1-9,12-13,20,26H,10-11,14-15H2.